The second kappa shape index (κ2) is 5.72. The highest BCUT2D eigenvalue weighted by molar-refractivity contribution is 7.12. The van der Waals surface area contributed by atoms with E-state index in [1.807, 2.05) is 19.9 Å². The van der Waals surface area contributed by atoms with Gasteiger partial charge < -0.3 is 4.74 Å². The van der Waals surface area contributed by atoms with Crippen LogP contribution in [0.15, 0.2) is 24.3 Å². The predicted octanol–water partition coefficient (Wildman–Crippen LogP) is 4.42. The molecule has 2 nitrogen and oxygen atoms in total. The van der Waals surface area contributed by atoms with Gasteiger partial charge in [0, 0.05) is 15.3 Å². The van der Waals surface area contributed by atoms with Crippen molar-refractivity contribution in [1.29, 1.82) is 0 Å². The normalized spacial score (nSPS) is 10.5. The number of ketones is 1. The van der Waals surface area contributed by atoms with E-state index in [1.54, 1.807) is 11.3 Å². The molecule has 100 valence electrons. The Morgan fingerprint density at radius 2 is 2.11 bits per heavy atom. The van der Waals surface area contributed by atoms with E-state index in [4.69, 9.17) is 16.3 Å². The molecule has 0 atom stereocenters. The topological polar surface area (TPSA) is 26.3 Å². The van der Waals surface area contributed by atoms with Crippen LogP contribution in [0, 0.1) is 19.7 Å². The molecule has 2 aromatic rings. The monoisotopic (exact) mass is 298 g/mol. The molecule has 19 heavy (non-hydrogen) atoms. The summed E-state index contributed by atoms with van der Waals surface area (Å²) in [5, 5.41) is 0.158. The van der Waals surface area contributed by atoms with Crippen LogP contribution in [-0.2, 0) is 0 Å². The SMILES string of the molecule is Cc1cc(C(=O)COc2ccc(F)cc2Cl)c(C)s1. The molecular weight excluding hydrogens is 287 g/mol. The maximum Gasteiger partial charge on any atom is 0.201 e. The minimum absolute atomic E-state index is 0.109. The summed E-state index contributed by atoms with van der Waals surface area (Å²) in [5.74, 6) is -0.240. The third-order valence-corrected chi connectivity index (χ3v) is 3.86. The zero-order chi connectivity index (χ0) is 14.0. The minimum atomic E-state index is -0.437. The van der Waals surface area contributed by atoms with Crippen LogP contribution >= 0.6 is 22.9 Å². The maximum atomic E-state index is 12.9. The summed E-state index contributed by atoms with van der Waals surface area (Å²) in [6.45, 7) is 3.74. The molecule has 0 bridgehead atoms. The zero-order valence-electron chi connectivity index (χ0n) is 10.5. The molecule has 1 aromatic carbocycles. The van der Waals surface area contributed by atoms with Crippen LogP contribution in [0.1, 0.15) is 20.1 Å². The molecule has 5 heteroatoms. The lowest BCUT2D eigenvalue weighted by molar-refractivity contribution is 0.0921. The Morgan fingerprint density at radius 1 is 1.37 bits per heavy atom. The molecule has 0 aliphatic rings. The van der Waals surface area contributed by atoms with Gasteiger partial charge in [-0.2, -0.15) is 0 Å². The lowest BCUT2D eigenvalue weighted by Gasteiger charge is -2.07. The predicted molar refractivity (Wildman–Crippen MR) is 75.0 cm³/mol. The first-order valence-electron chi connectivity index (χ1n) is 5.65. The molecule has 0 fully saturated rings. The molecule has 0 N–H and O–H groups in total. The summed E-state index contributed by atoms with van der Waals surface area (Å²) in [6, 6.07) is 5.65. The van der Waals surface area contributed by atoms with Gasteiger partial charge in [0.25, 0.3) is 0 Å². The van der Waals surface area contributed by atoms with Crippen molar-refractivity contribution in [2.45, 2.75) is 13.8 Å². The highest BCUT2D eigenvalue weighted by Gasteiger charge is 2.13. The van der Waals surface area contributed by atoms with Crippen molar-refractivity contribution < 1.29 is 13.9 Å². The van der Waals surface area contributed by atoms with Crippen molar-refractivity contribution in [3.8, 4) is 5.75 Å². The average molecular weight is 299 g/mol. The van der Waals surface area contributed by atoms with Crippen LogP contribution in [0.4, 0.5) is 4.39 Å². The summed E-state index contributed by atoms with van der Waals surface area (Å²) in [7, 11) is 0. The van der Waals surface area contributed by atoms with E-state index in [1.165, 1.54) is 12.1 Å². The summed E-state index contributed by atoms with van der Waals surface area (Å²) in [5.41, 5.74) is 0.667. The van der Waals surface area contributed by atoms with Gasteiger partial charge in [-0.05, 0) is 38.1 Å². The van der Waals surface area contributed by atoms with E-state index in [-0.39, 0.29) is 17.4 Å². The molecule has 0 unspecified atom stereocenters. The second-order valence-electron chi connectivity index (χ2n) is 4.11. The fourth-order valence-corrected chi connectivity index (χ4v) is 2.89. The largest absolute Gasteiger partial charge is 0.484 e. The molecule has 0 saturated heterocycles. The van der Waals surface area contributed by atoms with Gasteiger partial charge in [0.2, 0.25) is 5.78 Å². The quantitative estimate of drug-likeness (QED) is 0.781. The number of hydrogen-bond donors (Lipinski definition) is 0. The number of aryl methyl sites for hydroxylation is 2. The third-order valence-electron chi connectivity index (χ3n) is 2.59. The molecule has 0 aliphatic heterocycles. The van der Waals surface area contributed by atoms with E-state index < -0.39 is 5.82 Å². The summed E-state index contributed by atoms with van der Waals surface area (Å²) in [4.78, 5) is 14.0. The Balaban J connectivity index is 2.06. The van der Waals surface area contributed by atoms with Crippen LogP contribution in [0.25, 0.3) is 0 Å². The standard InChI is InChI=1S/C14H12ClFO2S/c1-8-5-11(9(2)19-8)13(17)7-18-14-4-3-10(16)6-12(14)15/h3-6H,7H2,1-2H3. The number of hydrogen-bond acceptors (Lipinski definition) is 3. The average Bonchev–Trinajstić information content (AvgIpc) is 2.67. The van der Waals surface area contributed by atoms with Gasteiger partial charge >= 0.3 is 0 Å². The number of benzene rings is 1. The smallest absolute Gasteiger partial charge is 0.201 e. The number of carbonyl (C=O) groups excluding carboxylic acids is 1. The maximum absolute atomic E-state index is 12.9. The number of ether oxygens (including phenoxy) is 1. The molecule has 1 aromatic heterocycles. The van der Waals surface area contributed by atoms with E-state index in [2.05, 4.69) is 0 Å². The lowest BCUT2D eigenvalue weighted by atomic mass is 10.2. The first kappa shape index (κ1) is 14.0. The highest BCUT2D eigenvalue weighted by atomic mass is 35.5. The molecule has 0 amide bonds. The van der Waals surface area contributed by atoms with Crippen LogP contribution in [0.3, 0.4) is 0 Å². The molecule has 2 rings (SSSR count). The van der Waals surface area contributed by atoms with Crippen molar-refractivity contribution in [1.82, 2.24) is 0 Å². The Bertz CT molecular complexity index is 622. The number of thiophene rings is 1. The van der Waals surface area contributed by atoms with E-state index in [0.717, 1.165) is 15.8 Å². The van der Waals surface area contributed by atoms with Crippen molar-refractivity contribution in [2.75, 3.05) is 6.61 Å². The van der Waals surface area contributed by atoms with Crippen molar-refractivity contribution in [3.05, 3.63) is 50.4 Å². The van der Waals surface area contributed by atoms with Crippen molar-refractivity contribution >= 4 is 28.7 Å². The van der Waals surface area contributed by atoms with Crippen LogP contribution in [0.2, 0.25) is 5.02 Å². The van der Waals surface area contributed by atoms with Gasteiger partial charge in [-0.15, -0.1) is 11.3 Å². The lowest BCUT2D eigenvalue weighted by Crippen LogP contribution is -2.12. The second-order valence-corrected chi connectivity index (χ2v) is 5.98. The number of Topliss-reactive ketones (excluding diaryl/α,β-unsaturated/α-hetero) is 1. The summed E-state index contributed by atoms with van der Waals surface area (Å²) in [6.07, 6.45) is 0. The van der Waals surface area contributed by atoms with Crippen LogP contribution in [0.5, 0.6) is 5.75 Å². The van der Waals surface area contributed by atoms with Gasteiger partial charge in [-0.3, -0.25) is 4.79 Å². The highest BCUT2D eigenvalue weighted by Crippen LogP contribution is 2.26. The first-order chi connectivity index (χ1) is 8.97. The first-order valence-corrected chi connectivity index (χ1v) is 6.85. The number of rotatable bonds is 4. The fourth-order valence-electron chi connectivity index (χ4n) is 1.72. The Morgan fingerprint density at radius 3 is 2.68 bits per heavy atom. The number of halogens is 2. The van der Waals surface area contributed by atoms with Gasteiger partial charge in [-0.1, -0.05) is 11.6 Å². The molecule has 0 spiro atoms. The molecule has 0 aliphatic carbocycles. The van der Waals surface area contributed by atoms with Gasteiger partial charge in [0.1, 0.15) is 11.6 Å². The van der Waals surface area contributed by atoms with Gasteiger partial charge in [0.15, 0.2) is 6.61 Å². The van der Waals surface area contributed by atoms with Crippen LogP contribution in [-0.4, -0.2) is 12.4 Å². The minimum Gasteiger partial charge on any atom is -0.484 e. The third kappa shape index (κ3) is 3.33. The summed E-state index contributed by atoms with van der Waals surface area (Å²) < 4.78 is 18.2. The molecular formula is C14H12ClFO2S. The van der Waals surface area contributed by atoms with E-state index in [0.29, 0.717) is 11.3 Å². The fraction of sp³-hybridized carbons (Fsp3) is 0.214. The van der Waals surface area contributed by atoms with Crippen molar-refractivity contribution in [3.63, 3.8) is 0 Å². The van der Waals surface area contributed by atoms with E-state index in [9.17, 15) is 9.18 Å². The molecule has 0 radical (unpaired) electrons. The molecule has 0 saturated carbocycles. The van der Waals surface area contributed by atoms with Gasteiger partial charge in [-0.25, -0.2) is 4.39 Å². The van der Waals surface area contributed by atoms with Crippen molar-refractivity contribution in [2.24, 2.45) is 0 Å². The zero-order valence-corrected chi connectivity index (χ0v) is 12.1. The Hall–Kier alpha value is -1.39. The summed E-state index contributed by atoms with van der Waals surface area (Å²) >= 11 is 7.39. The number of carbonyl (C=O) groups is 1. The molecule has 1 heterocycles. The van der Waals surface area contributed by atoms with E-state index >= 15 is 0 Å². The Labute approximate surface area is 119 Å². The van der Waals surface area contributed by atoms with Gasteiger partial charge in [0.05, 0.1) is 5.02 Å². The van der Waals surface area contributed by atoms with Crippen LogP contribution < -0.4 is 4.74 Å². The Kier molecular flexibility index (Phi) is 4.22.